The number of hydrogen-bond donors (Lipinski definition) is 2. The fourth-order valence-corrected chi connectivity index (χ4v) is 2.16. The molecule has 0 fully saturated rings. The summed E-state index contributed by atoms with van der Waals surface area (Å²) >= 11 is 6.06. The van der Waals surface area contributed by atoms with E-state index >= 15 is 0 Å². The van der Waals surface area contributed by atoms with Gasteiger partial charge in [0.15, 0.2) is 0 Å². The van der Waals surface area contributed by atoms with Crippen molar-refractivity contribution in [2.75, 3.05) is 19.5 Å². The quantitative estimate of drug-likeness (QED) is 0.831. The standard InChI is InChI=1S/C11H13ClN2O2/c1-13-7-5-9(15)14-11-6(12)3-4-8(16-2)10(7)11/h3-4,7,13H,5H2,1-2H3,(H,14,15). The number of amides is 1. The Morgan fingerprint density at radius 1 is 1.56 bits per heavy atom. The summed E-state index contributed by atoms with van der Waals surface area (Å²) in [7, 11) is 3.42. The first kappa shape index (κ1) is 11.2. The number of nitrogens with one attached hydrogen (secondary N) is 2. The molecule has 2 rings (SSSR count). The van der Waals surface area contributed by atoms with E-state index in [9.17, 15) is 4.79 Å². The van der Waals surface area contributed by atoms with Crippen molar-refractivity contribution in [3.8, 4) is 5.75 Å². The van der Waals surface area contributed by atoms with Gasteiger partial charge in [-0.25, -0.2) is 0 Å². The van der Waals surface area contributed by atoms with Crippen LogP contribution in [0.15, 0.2) is 12.1 Å². The number of hydrogen-bond acceptors (Lipinski definition) is 3. The van der Waals surface area contributed by atoms with Gasteiger partial charge in [-0.05, 0) is 19.2 Å². The first-order chi connectivity index (χ1) is 7.67. The normalized spacial score (nSPS) is 18.9. The number of halogens is 1. The second kappa shape index (κ2) is 4.31. The van der Waals surface area contributed by atoms with Crippen molar-refractivity contribution in [1.82, 2.24) is 5.32 Å². The second-order valence-electron chi connectivity index (χ2n) is 3.63. The lowest BCUT2D eigenvalue weighted by molar-refractivity contribution is -0.117. The molecule has 0 aromatic heterocycles. The van der Waals surface area contributed by atoms with E-state index in [0.29, 0.717) is 17.1 Å². The van der Waals surface area contributed by atoms with Crippen LogP contribution in [0.25, 0.3) is 0 Å². The van der Waals surface area contributed by atoms with E-state index in [1.54, 1.807) is 13.2 Å². The summed E-state index contributed by atoms with van der Waals surface area (Å²) in [4.78, 5) is 11.5. The van der Waals surface area contributed by atoms with E-state index in [0.717, 1.165) is 11.3 Å². The fourth-order valence-electron chi connectivity index (χ4n) is 1.95. The molecule has 4 nitrogen and oxygen atoms in total. The van der Waals surface area contributed by atoms with Gasteiger partial charge in [0.05, 0.1) is 17.8 Å². The first-order valence-electron chi connectivity index (χ1n) is 5.01. The Hall–Kier alpha value is -1.26. The Morgan fingerprint density at radius 2 is 2.31 bits per heavy atom. The van der Waals surface area contributed by atoms with Crippen molar-refractivity contribution in [3.05, 3.63) is 22.7 Å². The van der Waals surface area contributed by atoms with Crippen LogP contribution in [0.2, 0.25) is 5.02 Å². The van der Waals surface area contributed by atoms with Crippen LogP contribution in [0.5, 0.6) is 5.75 Å². The minimum atomic E-state index is -0.0580. The maximum atomic E-state index is 11.5. The van der Waals surface area contributed by atoms with E-state index in [1.807, 2.05) is 13.1 Å². The fraction of sp³-hybridized carbons (Fsp3) is 0.364. The molecule has 1 unspecified atom stereocenters. The molecule has 1 aromatic carbocycles. The molecule has 1 heterocycles. The van der Waals surface area contributed by atoms with Gasteiger partial charge in [0.1, 0.15) is 5.75 Å². The van der Waals surface area contributed by atoms with Crippen molar-refractivity contribution >= 4 is 23.2 Å². The highest BCUT2D eigenvalue weighted by Crippen LogP contribution is 2.41. The minimum Gasteiger partial charge on any atom is -0.496 e. The van der Waals surface area contributed by atoms with Crippen molar-refractivity contribution in [1.29, 1.82) is 0 Å². The molecule has 5 heteroatoms. The van der Waals surface area contributed by atoms with Crippen molar-refractivity contribution in [2.24, 2.45) is 0 Å². The molecule has 0 bridgehead atoms. The Labute approximate surface area is 98.9 Å². The summed E-state index contributed by atoms with van der Waals surface area (Å²) in [5.41, 5.74) is 1.56. The average molecular weight is 241 g/mol. The molecular formula is C11H13ClN2O2. The van der Waals surface area contributed by atoms with Gasteiger partial charge in [0.2, 0.25) is 5.91 Å². The lowest BCUT2D eigenvalue weighted by Gasteiger charge is -2.27. The maximum Gasteiger partial charge on any atom is 0.226 e. The zero-order valence-electron chi connectivity index (χ0n) is 9.13. The third kappa shape index (κ3) is 1.74. The van der Waals surface area contributed by atoms with Gasteiger partial charge < -0.3 is 15.4 Å². The van der Waals surface area contributed by atoms with E-state index in [4.69, 9.17) is 16.3 Å². The van der Waals surface area contributed by atoms with Gasteiger partial charge in [-0.3, -0.25) is 4.79 Å². The largest absolute Gasteiger partial charge is 0.496 e. The van der Waals surface area contributed by atoms with Gasteiger partial charge in [0.25, 0.3) is 0 Å². The van der Waals surface area contributed by atoms with Crippen molar-refractivity contribution < 1.29 is 9.53 Å². The van der Waals surface area contributed by atoms with Crippen LogP contribution in [-0.2, 0) is 4.79 Å². The molecule has 1 amide bonds. The summed E-state index contributed by atoms with van der Waals surface area (Å²) < 4.78 is 5.28. The number of carbonyl (C=O) groups excluding carboxylic acids is 1. The first-order valence-corrected chi connectivity index (χ1v) is 5.38. The van der Waals surface area contributed by atoms with E-state index in [-0.39, 0.29) is 11.9 Å². The van der Waals surface area contributed by atoms with Crippen molar-refractivity contribution in [2.45, 2.75) is 12.5 Å². The Kier molecular flexibility index (Phi) is 3.03. The number of ether oxygens (including phenoxy) is 1. The predicted octanol–water partition coefficient (Wildman–Crippen LogP) is 1.95. The highest BCUT2D eigenvalue weighted by Gasteiger charge is 2.28. The molecule has 16 heavy (non-hydrogen) atoms. The summed E-state index contributed by atoms with van der Waals surface area (Å²) in [6.07, 6.45) is 0.389. The van der Waals surface area contributed by atoms with Gasteiger partial charge >= 0.3 is 0 Å². The van der Waals surface area contributed by atoms with Crippen LogP contribution >= 0.6 is 11.6 Å². The number of rotatable bonds is 2. The zero-order chi connectivity index (χ0) is 11.7. The van der Waals surface area contributed by atoms with Crippen LogP contribution in [-0.4, -0.2) is 20.1 Å². The smallest absolute Gasteiger partial charge is 0.226 e. The molecule has 1 atom stereocenters. The molecule has 0 radical (unpaired) electrons. The minimum absolute atomic E-state index is 0.0398. The summed E-state index contributed by atoms with van der Waals surface area (Å²) in [6, 6.07) is 3.47. The van der Waals surface area contributed by atoms with Crippen LogP contribution in [0.4, 0.5) is 5.69 Å². The monoisotopic (exact) mass is 240 g/mol. The third-order valence-corrected chi connectivity index (χ3v) is 3.04. The number of carbonyl (C=O) groups is 1. The molecule has 0 saturated heterocycles. The molecule has 1 aliphatic heterocycles. The molecule has 1 aromatic rings. The molecule has 0 spiro atoms. The van der Waals surface area contributed by atoms with Crippen molar-refractivity contribution in [3.63, 3.8) is 0 Å². The number of anilines is 1. The summed E-state index contributed by atoms with van der Waals surface area (Å²) in [6.45, 7) is 0. The van der Waals surface area contributed by atoms with Gasteiger partial charge in [-0.1, -0.05) is 11.6 Å². The van der Waals surface area contributed by atoms with Crippen LogP contribution in [0, 0.1) is 0 Å². The molecular weight excluding hydrogens is 228 g/mol. The van der Waals surface area contributed by atoms with Crippen LogP contribution in [0.1, 0.15) is 18.0 Å². The van der Waals surface area contributed by atoms with Crippen LogP contribution < -0.4 is 15.4 Å². The van der Waals surface area contributed by atoms with Crippen LogP contribution in [0.3, 0.4) is 0 Å². The SMILES string of the molecule is CNC1CC(=O)Nc2c(Cl)ccc(OC)c21. The van der Waals surface area contributed by atoms with E-state index in [1.165, 1.54) is 0 Å². The molecule has 86 valence electrons. The molecule has 0 saturated carbocycles. The molecule has 0 aliphatic carbocycles. The van der Waals surface area contributed by atoms with Gasteiger partial charge in [-0.2, -0.15) is 0 Å². The Balaban J connectivity index is 2.59. The summed E-state index contributed by atoms with van der Waals surface area (Å²) in [5.74, 6) is 0.695. The van der Waals surface area contributed by atoms with E-state index in [2.05, 4.69) is 10.6 Å². The Bertz CT molecular complexity index is 434. The second-order valence-corrected chi connectivity index (χ2v) is 4.04. The highest BCUT2D eigenvalue weighted by molar-refractivity contribution is 6.34. The van der Waals surface area contributed by atoms with Gasteiger partial charge in [0, 0.05) is 18.0 Å². The number of benzene rings is 1. The summed E-state index contributed by atoms with van der Waals surface area (Å²) in [5, 5.41) is 6.40. The average Bonchev–Trinajstić information content (AvgIpc) is 2.29. The number of fused-ring (bicyclic) bond motifs is 1. The van der Waals surface area contributed by atoms with E-state index < -0.39 is 0 Å². The van der Waals surface area contributed by atoms with Gasteiger partial charge in [-0.15, -0.1) is 0 Å². The lowest BCUT2D eigenvalue weighted by atomic mass is 9.96. The molecule has 1 aliphatic rings. The zero-order valence-corrected chi connectivity index (χ0v) is 9.89. The lowest BCUT2D eigenvalue weighted by Crippen LogP contribution is -2.30. The predicted molar refractivity (Wildman–Crippen MR) is 63.1 cm³/mol. The Morgan fingerprint density at radius 3 is 2.94 bits per heavy atom. The number of methoxy groups -OCH3 is 1. The topological polar surface area (TPSA) is 50.4 Å². The highest BCUT2D eigenvalue weighted by atomic mass is 35.5. The third-order valence-electron chi connectivity index (χ3n) is 2.73. The molecule has 2 N–H and O–H groups in total. The maximum absolute atomic E-state index is 11.5.